The van der Waals surface area contributed by atoms with Crippen LogP contribution in [0.5, 0.6) is 5.75 Å². The number of aromatic hydroxyl groups is 1. The third-order valence-electron chi connectivity index (χ3n) is 2.34. The van der Waals surface area contributed by atoms with Crippen molar-refractivity contribution < 1.29 is 9.90 Å². The number of carbonyl (C=O) groups is 1. The van der Waals surface area contributed by atoms with Crippen LogP contribution in [0.1, 0.15) is 10.4 Å². The Morgan fingerprint density at radius 1 is 1.00 bits per heavy atom. The van der Waals surface area contributed by atoms with Gasteiger partial charge in [-0.05, 0) is 17.2 Å². The third-order valence-corrected chi connectivity index (χ3v) is 2.56. The topological polar surface area (TPSA) is 37.3 Å². The molecule has 16 heavy (non-hydrogen) atoms. The molecule has 80 valence electrons. The number of thiol groups is 1. The lowest BCUT2D eigenvalue weighted by molar-refractivity contribution is 0.108. The largest absolute Gasteiger partial charge is 0.507 e. The van der Waals surface area contributed by atoms with Crippen molar-refractivity contribution in [2.75, 3.05) is 0 Å². The number of benzene rings is 2. The quantitative estimate of drug-likeness (QED) is 0.778. The summed E-state index contributed by atoms with van der Waals surface area (Å²) < 4.78 is 0. The van der Waals surface area contributed by atoms with Crippen molar-refractivity contribution in [3.63, 3.8) is 0 Å². The summed E-state index contributed by atoms with van der Waals surface area (Å²) in [4.78, 5) is 11.4. The standard InChI is InChI=1S/C13H10O2S/c14-11-8-4-7-10(12(11)13(15)16)9-5-2-1-3-6-9/h1-8,14H,(H,15,16). The van der Waals surface area contributed by atoms with Crippen LogP contribution in [-0.4, -0.2) is 10.2 Å². The first-order valence-electron chi connectivity index (χ1n) is 4.81. The average Bonchev–Trinajstić information content (AvgIpc) is 2.29. The summed E-state index contributed by atoms with van der Waals surface area (Å²) in [6, 6.07) is 14.4. The van der Waals surface area contributed by atoms with E-state index in [1.54, 1.807) is 12.1 Å². The monoisotopic (exact) mass is 230 g/mol. The van der Waals surface area contributed by atoms with E-state index in [0.29, 0.717) is 5.56 Å². The summed E-state index contributed by atoms with van der Waals surface area (Å²) in [6.07, 6.45) is 0. The molecule has 2 nitrogen and oxygen atoms in total. The Balaban J connectivity index is 2.66. The number of rotatable bonds is 2. The first-order valence-corrected chi connectivity index (χ1v) is 5.25. The smallest absolute Gasteiger partial charge is 0.220 e. The molecule has 0 aromatic heterocycles. The van der Waals surface area contributed by atoms with Gasteiger partial charge in [-0.25, -0.2) is 0 Å². The van der Waals surface area contributed by atoms with Crippen LogP contribution in [0, 0.1) is 0 Å². The molecule has 2 aromatic carbocycles. The van der Waals surface area contributed by atoms with Crippen molar-refractivity contribution in [2.24, 2.45) is 0 Å². The van der Waals surface area contributed by atoms with Crippen molar-refractivity contribution in [3.8, 4) is 16.9 Å². The van der Waals surface area contributed by atoms with E-state index in [2.05, 4.69) is 12.6 Å². The summed E-state index contributed by atoms with van der Waals surface area (Å²) in [5.74, 6) is -0.0404. The molecule has 0 fully saturated rings. The highest BCUT2D eigenvalue weighted by Crippen LogP contribution is 2.30. The molecule has 2 aromatic rings. The lowest BCUT2D eigenvalue weighted by Gasteiger charge is -2.08. The maximum Gasteiger partial charge on any atom is 0.220 e. The summed E-state index contributed by atoms with van der Waals surface area (Å²) in [5, 5.41) is 9.22. The van der Waals surface area contributed by atoms with Crippen molar-refractivity contribution in [3.05, 3.63) is 54.1 Å². The maximum atomic E-state index is 11.4. The van der Waals surface area contributed by atoms with Crippen LogP contribution in [0.25, 0.3) is 11.1 Å². The highest BCUT2D eigenvalue weighted by Gasteiger charge is 2.13. The molecule has 0 unspecified atom stereocenters. The van der Waals surface area contributed by atoms with Gasteiger partial charge < -0.3 is 5.11 Å². The molecule has 0 saturated carbocycles. The summed E-state index contributed by atoms with van der Waals surface area (Å²) in [7, 11) is 0. The molecule has 0 radical (unpaired) electrons. The number of hydrogen-bond acceptors (Lipinski definition) is 2. The third kappa shape index (κ3) is 1.95. The Bertz CT molecular complexity index is 521. The fourth-order valence-corrected chi connectivity index (χ4v) is 1.86. The Labute approximate surface area is 99.0 Å². The lowest BCUT2D eigenvalue weighted by atomic mass is 10.00. The van der Waals surface area contributed by atoms with Gasteiger partial charge in [-0.2, -0.15) is 0 Å². The van der Waals surface area contributed by atoms with E-state index in [1.807, 2.05) is 30.3 Å². The average molecular weight is 230 g/mol. The molecule has 0 atom stereocenters. The lowest BCUT2D eigenvalue weighted by Crippen LogP contribution is -1.94. The molecule has 0 aliphatic carbocycles. The SMILES string of the molecule is O=C(S)c1c(O)cccc1-c1ccccc1. The fraction of sp³-hybridized carbons (Fsp3) is 0. The minimum absolute atomic E-state index is 0.0404. The van der Waals surface area contributed by atoms with Gasteiger partial charge >= 0.3 is 0 Å². The zero-order valence-corrected chi connectivity index (χ0v) is 9.32. The van der Waals surface area contributed by atoms with Crippen LogP contribution in [0.2, 0.25) is 0 Å². The molecule has 0 saturated heterocycles. The van der Waals surface area contributed by atoms with Gasteiger partial charge in [0.2, 0.25) is 5.12 Å². The molecular weight excluding hydrogens is 220 g/mol. The first kappa shape index (κ1) is 10.8. The second-order valence-corrected chi connectivity index (χ2v) is 3.78. The minimum atomic E-state index is -0.433. The van der Waals surface area contributed by atoms with Crippen LogP contribution in [0.15, 0.2) is 48.5 Å². The van der Waals surface area contributed by atoms with Crippen molar-refractivity contribution >= 4 is 17.7 Å². The summed E-state index contributed by atoms with van der Waals surface area (Å²) in [5.41, 5.74) is 1.83. The van der Waals surface area contributed by atoms with E-state index in [0.717, 1.165) is 5.56 Å². The second kappa shape index (κ2) is 4.41. The molecule has 0 aliphatic rings. The van der Waals surface area contributed by atoms with Gasteiger partial charge in [0.15, 0.2) is 0 Å². The Morgan fingerprint density at radius 2 is 1.69 bits per heavy atom. The highest BCUT2D eigenvalue weighted by molar-refractivity contribution is 7.97. The predicted molar refractivity (Wildman–Crippen MR) is 66.9 cm³/mol. The Hall–Kier alpha value is -1.74. The van der Waals surface area contributed by atoms with E-state index in [1.165, 1.54) is 6.07 Å². The number of hydrogen-bond donors (Lipinski definition) is 2. The van der Waals surface area contributed by atoms with Gasteiger partial charge in [0.1, 0.15) is 5.75 Å². The van der Waals surface area contributed by atoms with Gasteiger partial charge in [-0.3, -0.25) is 4.79 Å². The van der Waals surface area contributed by atoms with Crippen molar-refractivity contribution in [2.45, 2.75) is 0 Å². The zero-order valence-electron chi connectivity index (χ0n) is 8.42. The molecule has 0 amide bonds. The highest BCUT2D eigenvalue weighted by atomic mass is 32.1. The predicted octanol–water partition coefficient (Wildman–Crippen LogP) is 3.13. The Kier molecular flexibility index (Phi) is 2.97. The molecule has 0 bridgehead atoms. The van der Waals surface area contributed by atoms with E-state index in [9.17, 15) is 9.90 Å². The minimum Gasteiger partial charge on any atom is -0.507 e. The molecule has 0 heterocycles. The van der Waals surface area contributed by atoms with E-state index in [-0.39, 0.29) is 11.3 Å². The molecular formula is C13H10O2S. The van der Waals surface area contributed by atoms with E-state index in [4.69, 9.17) is 0 Å². The molecule has 3 heteroatoms. The second-order valence-electron chi connectivity index (χ2n) is 3.37. The van der Waals surface area contributed by atoms with Crippen molar-refractivity contribution in [1.82, 2.24) is 0 Å². The van der Waals surface area contributed by atoms with Crippen LogP contribution < -0.4 is 0 Å². The zero-order chi connectivity index (χ0) is 11.5. The van der Waals surface area contributed by atoms with E-state index >= 15 is 0 Å². The number of carbonyl (C=O) groups excluding carboxylic acids is 1. The van der Waals surface area contributed by atoms with Crippen LogP contribution in [0.4, 0.5) is 0 Å². The maximum absolute atomic E-state index is 11.4. The summed E-state index contributed by atoms with van der Waals surface area (Å²) in [6.45, 7) is 0. The molecule has 1 N–H and O–H groups in total. The van der Waals surface area contributed by atoms with Gasteiger partial charge in [0, 0.05) is 0 Å². The fourth-order valence-electron chi connectivity index (χ4n) is 1.62. The van der Waals surface area contributed by atoms with Crippen molar-refractivity contribution in [1.29, 1.82) is 0 Å². The van der Waals surface area contributed by atoms with Crippen LogP contribution in [-0.2, 0) is 0 Å². The van der Waals surface area contributed by atoms with Crippen LogP contribution in [0.3, 0.4) is 0 Å². The first-order chi connectivity index (χ1) is 7.70. The van der Waals surface area contributed by atoms with Gasteiger partial charge in [-0.1, -0.05) is 42.5 Å². The van der Waals surface area contributed by atoms with Gasteiger partial charge in [0.25, 0.3) is 0 Å². The number of phenolic OH excluding ortho intramolecular Hbond substituents is 1. The molecule has 2 rings (SSSR count). The van der Waals surface area contributed by atoms with Crippen LogP contribution >= 0.6 is 12.6 Å². The van der Waals surface area contributed by atoms with E-state index < -0.39 is 5.12 Å². The normalized spacial score (nSPS) is 10.1. The number of phenols is 1. The van der Waals surface area contributed by atoms with Gasteiger partial charge in [-0.15, -0.1) is 12.6 Å². The molecule has 0 aliphatic heterocycles. The Morgan fingerprint density at radius 3 is 2.31 bits per heavy atom. The summed E-state index contributed by atoms with van der Waals surface area (Å²) >= 11 is 3.78. The van der Waals surface area contributed by atoms with Gasteiger partial charge in [0.05, 0.1) is 5.56 Å². The molecule has 0 spiro atoms.